The Labute approximate surface area is 103 Å². The Morgan fingerprint density at radius 3 is 2.83 bits per heavy atom. The van der Waals surface area contributed by atoms with Crippen molar-refractivity contribution in [1.82, 2.24) is 15.0 Å². The van der Waals surface area contributed by atoms with Gasteiger partial charge in [-0.05, 0) is 18.6 Å². The number of hydrogen-bond acceptors (Lipinski definition) is 6. The Bertz CT molecular complexity index is 571. The molecular formula is C11H12N6O. The number of nitrogens with zero attached hydrogens (tertiary/aromatic N) is 3. The number of nitrogens with two attached hydrogens (primary N) is 1. The van der Waals surface area contributed by atoms with E-state index >= 15 is 0 Å². The van der Waals surface area contributed by atoms with Crippen LogP contribution >= 0.6 is 0 Å². The molecular weight excluding hydrogens is 232 g/mol. The smallest absolute Gasteiger partial charge is 0.276 e. The van der Waals surface area contributed by atoms with Gasteiger partial charge >= 0.3 is 0 Å². The molecule has 18 heavy (non-hydrogen) atoms. The second-order valence-corrected chi connectivity index (χ2v) is 3.58. The van der Waals surface area contributed by atoms with E-state index in [1.165, 1.54) is 12.4 Å². The average Bonchev–Trinajstić information content (AvgIpc) is 2.41. The Kier molecular flexibility index (Phi) is 3.44. The van der Waals surface area contributed by atoms with Crippen molar-refractivity contribution in [3.05, 3.63) is 42.1 Å². The lowest BCUT2D eigenvalue weighted by atomic mass is 10.2. The van der Waals surface area contributed by atoms with Crippen LogP contribution in [0.15, 0.2) is 30.9 Å². The SMILES string of the molecule is Cc1ccncc1NC(=O)c1cncc(NN)n1. The first kappa shape index (κ1) is 11.9. The van der Waals surface area contributed by atoms with E-state index in [0.717, 1.165) is 5.56 Å². The summed E-state index contributed by atoms with van der Waals surface area (Å²) in [7, 11) is 0. The fourth-order valence-electron chi connectivity index (χ4n) is 1.33. The normalized spacial score (nSPS) is 9.89. The second-order valence-electron chi connectivity index (χ2n) is 3.58. The van der Waals surface area contributed by atoms with Crippen LogP contribution in [0.5, 0.6) is 0 Å². The van der Waals surface area contributed by atoms with E-state index in [0.29, 0.717) is 11.5 Å². The summed E-state index contributed by atoms with van der Waals surface area (Å²) in [5, 5.41) is 2.71. The molecule has 2 aromatic rings. The summed E-state index contributed by atoms with van der Waals surface area (Å²) in [6.45, 7) is 1.88. The van der Waals surface area contributed by atoms with Crippen molar-refractivity contribution in [2.24, 2.45) is 5.84 Å². The van der Waals surface area contributed by atoms with E-state index < -0.39 is 0 Å². The molecule has 2 aromatic heterocycles. The number of aryl methyl sites for hydroxylation is 1. The number of pyridine rings is 1. The van der Waals surface area contributed by atoms with E-state index in [9.17, 15) is 4.79 Å². The van der Waals surface area contributed by atoms with Crippen LogP contribution in [0.25, 0.3) is 0 Å². The molecule has 0 atom stereocenters. The topological polar surface area (TPSA) is 106 Å². The summed E-state index contributed by atoms with van der Waals surface area (Å²) in [4.78, 5) is 23.7. The molecule has 0 aromatic carbocycles. The summed E-state index contributed by atoms with van der Waals surface area (Å²) in [5.41, 5.74) is 4.06. The van der Waals surface area contributed by atoms with Crippen LogP contribution < -0.4 is 16.6 Å². The van der Waals surface area contributed by atoms with Gasteiger partial charge in [0.25, 0.3) is 5.91 Å². The Hall–Kier alpha value is -2.54. The molecule has 0 saturated heterocycles. The maximum Gasteiger partial charge on any atom is 0.276 e. The molecule has 4 N–H and O–H groups in total. The van der Waals surface area contributed by atoms with Crippen LogP contribution in [0.3, 0.4) is 0 Å². The molecule has 0 unspecified atom stereocenters. The number of hydrogen-bond donors (Lipinski definition) is 3. The first-order valence-corrected chi connectivity index (χ1v) is 5.21. The van der Waals surface area contributed by atoms with Crippen molar-refractivity contribution in [1.29, 1.82) is 0 Å². The highest BCUT2D eigenvalue weighted by molar-refractivity contribution is 6.03. The van der Waals surface area contributed by atoms with Crippen LogP contribution in [0, 0.1) is 6.92 Å². The van der Waals surface area contributed by atoms with Gasteiger partial charge in [0, 0.05) is 6.20 Å². The summed E-state index contributed by atoms with van der Waals surface area (Å²) in [6.07, 6.45) is 6.02. The highest BCUT2D eigenvalue weighted by Gasteiger charge is 2.10. The zero-order valence-electron chi connectivity index (χ0n) is 9.71. The third kappa shape index (κ3) is 2.58. The number of amides is 1. The molecule has 0 bridgehead atoms. The minimum atomic E-state index is -0.365. The predicted molar refractivity (Wildman–Crippen MR) is 66.8 cm³/mol. The second kappa shape index (κ2) is 5.19. The number of aromatic nitrogens is 3. The highest BCUT2D eigenvalue weighted by Crippen LogP contribution is 2.12. The number of nitrogens with one attached hydrogen (secondary N) is 2. The molecule has 0 aliphatic rings. The maximum absolute atomic E-state index is 11.9. The molecule has 7 heteroatoms. The van der Waals surface area contributed by atoms with Crippen molar-refractivity contribution in [2.45, 2.75) is 6.92 Å². The van der Waals surface area contributed by atoms with Gasteiger partial charge in [-0.15, -0.1) is 0 Å². The number of carbonyl (C=O) groups excluding carboxylic acids is 1. The standard InChI is InChI=1S/C11H12N6O/c1-7-2-3-13-4-8(7)16-11(18)9-5-14-6-10(15-9)17-12/h2-6H,12H2,1H3,(H,15,17)(H,16,18). The van der Waals surface area contributed by atoms with Crippen LogP contribution in [0.1, 0.15) is 16.1 Å². The molecule has 2 rings (SSSR count). The summed E-state index contributed by atoms with van der Waals surface area (Å²) >= 11 is 0. The van der Waals surface area contributed by atoms with Gasteiger partial charge in [0.05, 0.1) is 24.3 Å². The molecule has 0 saturated carbocycles. The number of anilines is 2. The fourth-order valence-corrected chi connectivity index (χ4v) is 1.33. The van der Waals surface area contributed by atoms with Gasteiger partial charge in [-0.1, -0.05) is 0 Å². The molecule has 7 nitrogen and oxygen atoms in total. The molecule has 92 valence electrons. The van der Waals surface area contributed by atoms with Gasteiger partial charge in [-0.25, -0.2) is 10.8 Å². The van der Waals surface area contributed by atoms with Gasteiger partial charge in [0.2, 0.25) is 0 Å². The lowest BCUT2D eigenvalue weighted by Gasteiger charge is -2.07. The lowest BCUT2D eigenvalue weighted by Crippen LogP contribution is -2.17. The first-order valence-electron chi connectivity index (χ1n) is 5.21. The molecule has 0 aliphatic heterocycles. The fraction of sp³-hybridized carbons (Fsp3) is 0.0909. The van der Waals surface area contributed by atoms with Crippen molar-refractivity contribution in [2.75, 3.05) is 10.7 Å². The molecule has 1 amide bonds. The maximum atomic E-state index is 11.9. The molecule has 2 heterocycles. The van der Waals surface area contributed by atoms with E-state index in [1.807, 2.05) is 6.92 Å². The monoisotopic (exact) mass is 244 g/mol. The minimum Gasteiger partial charge on any atom is -0.319 e. The Morgan fingerprint density at radius 2 is 2.11 bits per heavy atom. The molecule has 0 fully saturated rings. The summed E-state index contributed by atoms with van der Waals surface area (Å²) in [5.74, 6) is 5.16. The molecule has 0 radical (unpaired) electrons. The van der Waals surface area contributed by atoms with Gasteiger partial charge in [-0.3, -0.25) is 14.8 Å². The number of nitrogen functional groups attached to an aromatic ring is 1. The van der Waals surface area contributed by atoms with Crippen LogP contribution in [0.4, 0.5) is 11.5 Å². The number of carbonyl (C=O) groups is 1. The van der Waals surface area contributed by atoms with E-state index in [4.69, 9.17) is 5.84 Å². The van der Waals surface area contributed by atoms with Crippen LogP contribution in [0.2, 0.25) is 0 Å². The highest BCUT2D eigenvalue weighted by atomic mass is 16.1. The van der Waals surface area contributed by atoms with E-state index in [-0.39, 0.29) is 11.6 Å². The van der Waals surface area contributed by atoms with Gasteiger partial charge < -0.3 is 10.7 Å². The van der Waals surface area contributed by atoms with Crippen LogP contribution in [-0.4, -0.2) is 20.9 Å². The van der Waals surface area contributed by atoms with E-state index in [1.54, 1.807) is 18.5 Å². The quantitative estimate of drug-likeness (QED) is 0.542. The van der Waals surface area contributed by atoms with Crippen molar-refractivity contribution in [3.63, 3.8) is 0 Å². The minimum absolute atomic E-state index is 0.175. The van der Waals surface area contributed by atoms with Crippen molar-refractivity contribution < 1.29 is 4.79 Å². The predicted octanol–water partition coefficient (Wildman–Crippen LogP) is 0.718. The largest absolute Gasteiger partial charge is 0.319 e. The third-order valence-electron chi connectivity index (χ3n) is 2.30. The van der Waals surface area contributed by atoms with Crippen LogP contribution in [-0.2, 0) is 0 Å². The number of rotatable bonds is 3. The zero-order valence-corrected chi connectivity index (χ0v) is 9.71. The third-order valence-corrected chi connectivity index (χ3v) is 2.30. The Balaban J connectivity index is 2.19. The summed E-state index contributed by atoms with van der Waals surface area (Å²) in [6, 6.07) is 1.80. The van der Waals surface area contributed by atoms with E-state index in [2.05, 4.69) is 25.7 Å². The summed E-state index contributed by atoms with van der Waals surface area (Å²) < 4.78 is 0. The average molecular weight is 244 g/mol. The molecule has 0 spiro atoms. The lowest BCUT2D eigenvalue weighted by molar-refractivity contribution is 0.102. The van der Waals surface area contributed by atoms with Gasteiger partial charge in [0.15, 0.2) is 5.82 Å². The van der Waals surface area contributed by atoms with Crippen molar-refractivity contribution in [3.8, 4) is 0 Å². The Morgan fingerprint density at radius 1 is 1.28 bits per heavy atom. The number of hydrazine groups is 1. The first-order chi connectivity index (χ1) is 8.70. The van der Waals surface area contributed by atoms with Crippen molar-refractivity contribution >= 4 is 17.4 Å². The van der Waals surface area contributed by atoms with Gasteiger partial charge in [-0.2, -0.15) is 0 Å². The van der Waals surface area contributed by atoms with Gasteiger partial charge in [0.1, 0.15) is 5.69 Å². The molecule has 0 aliphatic carbocycles. The zero-order chi connectivity index (χ0) is 13.0.